The van der Waals surface area contributed by atoms with Gasteiger partial charge in [0.1, 0.15) is 18.1 Å². The number of likely N-dealkylation sites (N-methyl/N-ethyl adjacent to an activating group) is 1. The quantitative estimate of drug-likeness (QED) is 0.245. The lowest BCUT2D eigenvalue weighted by Gasteiger charge is -2.35. The van der Waals surface area contributed by atoms with Crippen LogP contribution in [0, 0.1) is 5.92 Å². The standard InChI is InChI=1S/C30H38NO5/c1-31(18-9-21-34-27-15-7-11-23-10-5-6-14-26(23)27)19-17-25(22-31)36-29(32)30(33,28-16-8-20-35-28)24-12-3-2-4-13-24/h5-8,10-11,14-16,20,24-25,33H,2-4,9,12-13,17-19,21-22H2,1H3/q+1. The van der Waals surface area contributed by atoms with E-state index in [0.717, 1.165) is 80.2 Å². The summed E-state index contributed by atoms with van der Waals surface area (Å²) in [5.74, 6) is 0.504. The van der Waals surface area contributed by atoms with Crippen molar-refractivity contribution in [3.63, 3.8) is 0 Å². The van der Waals surface area contributed by atoms with Crippen molar-refractivity contribution >= 4 is 16.7 Å². The Balaban J connectivity index is 1.15. The number of quaternary nitrogens is 1. The summed E-state index contributed by atoms with van der Waals surface area (Å²) in [7, 11) is 2.21. The van der Waals surface area contributed by atoms with E-state index in [4.69, 9.17) is 13.9 Å². The molecule has 3 unspecified atom stereocenters. The highest BCUT2D eigenvalue weighted by atomic mass is 16.6. The summed E-state index contributed by atoms with van der Waals surface area (Å²) in [5.41, 5.74) is -1.71. The number of likely N-dealkylation sites (tertiary alicyclic amines) is 1. The van der Waals surface area contributed by atoms with E-state index < -0.39 is 11.6 Å². The molecule has 1 N–H and O–H groups in total. The van der Waals surface area contributed by atoms with E-state index >= 15 is 0 Å². The normalized spacial score (nSPS) is 24.4. The molecule has 6 heteroatoms. The van der Waals surface area contributed by atoms with Gasteiger partial charge in [-0.3, -0.25) is 0 Å². The van der Waals surface area contributed by atoms with Crippen molar-refractivity contribution in [2.45, 2.75) is 56.7 Å². The molecule has 1 saturated heterocycles. The van der Waals surface area contributed by atoms with E-state index in [2.05, 4.69) is 25.2 Å². The Labute approximate surface area is 213 Å². The molecule has 2 aliphatic rings. The van der Waals surface area contributed by atoms with Crippen LogP contribution >= 0.6 is 0 Å². The third-order valence-corrected chi connectivity index (χ3v) is 8.16. The maximum absolute atomic E-state index is 13.4. The largest absolute Gasteiger partial charge is 0.493 e. The van der Waals surface area contributed by atoms with Crippen molar-refractivity contribution < 1.29 is 28.3 Å². The molecule has 1 aliphatic carbocycles. The molecule has 1 saturated carbocycles. The minimum absolute atomic E-state index is 0.168. The Morgan fingerprint density at radius 2 is 1.86 bits per heavy atom. The van der Waals surface area contributed by atoms with Crippen LogP contribution in [0.5, 0.6) is 5.75 Å². The molecular formula is C30H38NO5+. The highest BCUT2D eigenvalue weighted by Crippen LogP contribution is 2.41. The molecule has 0 amide bonds. The Morgan fingerprint density at radius 3 is 2.67 bits per heavy atom. The molecule has 6 nitrogen and oxygen atoms in total. The fourth-order valence-corrected chi connectivity index (χ4v) is 6.10. The third kappa shape index (κ3) is 5.16. The van der Waals surface area contributed by atoms with Crippen LogP contribution < -0.4 is 4.74 Å². The number of hydrogen-bond donors (Lipinski definition) is 1. The number of fused-ring (bicyclic) bond motifs is 1. The smallest absolute Gasteiger partial charge is 0.346 e. The molecule has 36 heavy (non-hydrogen) atoms. The Morgan fingerprint density at radius 1 is 1.06 bits per heavy atom. The monoisotopic (exact) mass is 492 g/mol. The summed E-state index contributed by atoms with van der Waals surface area (Å²) in [6, 6.07) is 17.8. The second-order valence-corrected chi connectivity index (χ2v) is 10.8. The lowest BCUT2D eigenvalue weighted by Crippen LogP contribution is -2.47. The van der Waals surface area contributed by atoms with Crippen LogP contribution in [0.3, 0.4) is 0 Å². The summed E-state index contributed by atoms with van der Waals surface area (Å²) in [4.78, 5) is 13.4. The van der Waals surface area contributed by atoms with Crippen molar-refractivity contribution in [2.75, 3.05) is 33.3 Å². The fraction of sp³-hybridized carbons (Fsp3) is 0.500. The summed E-state index contributed by atoms with van der Waals surface area (Å²) in [5, 5.41) is 13.9. The van der Waals surface area contributed by atoms with E-state index in [1.807, 2.05) is 24.3 Å². The van der Waals surface area contributed by atoms with Gasteiger partial charge in [-0.25, -0.2) is 4.79 Å². The zero-order chi connectivity index (χ0) is 25.0. The van der Waals surface area contributed by atoms with E-state index in [1.165, 1.54) is 11.6 Å². The van der Waals surface area contributed by atoms with Gasteiger partial charge >= 0.3 is 5.97 Å². The first kappa shape index (κ1) is 24.8. The number of benzene rings is 2. The first-order valence-corrected chi connectivity index (χ1v) is 13.4. The maximum Gasteiger partial charge on any atom is 0.346 e. The molecule has 1 aromatic heterocycles. The average Bonchev–Trinajstić information content (AvgIpc) is 3.58. The van der Waals surface area contributed by atoms with Crippen molar-refractivity contribution in [3.05, 3.63) is 66.6 Å². The lowest BCUT2D eigenvalue weighted by atomic mass is 9.75. The van der Waals surface area contributed by atoms with Crippen LogP contribution in [0.2, 0.25) is 0 Å². The second kappa shape index (κ2) is 10.7. The van der Waals surface area contributed by atoms with Crippen LogP contribution in [0.1, 0.15) is 50.7 Å². The number of aliphatic hydroxyl groups is 1. The van der Waals surface area contributed by atoms with Crippen molar-refractivity contribution in [2.24, 2.45) is 5.92 Å². The predicted octanol–water partition coefficient (Wildman–Crippen LogP) is 5.43. The van der Waals surface area contributed by atoms with Crippen LogP contribution in [0.25, 0.3) is 10.8 Å². The molecule has 2 aromatic carbocycles. The maximum atomic E-state index is 13.4. The van der Waals surface area contributed by atoms with Gasteiger partial charge in [0.05, 0.1) is 33.0 Å². The summed E-state index contributed by atoms with van der Waals surface area (Å²) in [6.07, 6.45) is 7.81. The summed E-state index contributed by atoms with van der Waals surface area (Å²) >= 11 is 0. The highest BCUT2D eigenvalue weighted by Gasteiger charge is 2.51. The molecular weight excluding hydrogens is 454 g/mol. The zero-order valence-electron chi connectivity index (χ0n) is 21.2. The SMILES string of the molecule is C[N+]1(CCCOc2cccc3ccccc23)CCC(OC(=O)C(O)(c2ccco2)C2CCCCC2)C1. The van der Waals surface area contributed by atoms with Gasteiger partial charge in [0.2, 0.25) is 5.60 Å². The van der Waals surface area contributed by atoms with Gasteiger partial charge in [-0.05, 0) is 36.4 Å². The molecule has 0 bridgehead atoms. The number of hydrogen-bond acceptors (Lipinski definition) is 5. The Hall–Kier alpha value is -2.83. The van der Waals surface area contributed by atoms with Gasteiger partial charge in [0.15, 0.2) is 6.10 Å². The van der Waals surface area contributed by atoms with Gasteiger partial charge in [-0.1, -0.05) is 55.7 Å². The molecule has 3 aromatic rings. The first-order valence-electron chi connectivity index (χ1n) is 13.4. The Bertz CT molecular complexity index is 1150. The van der Waals surface area contributed by atoms with Crippen LogP contribution in [-0.4, -0.2) is 55.0 Å². The summed E-state index contributed by atoms with van der Waals surface area (Å²) in [6.45, 7) is 3.28. The number of furan rings is 1. The first-order chi connectivity index (χ1) is 17.5. The van der Waals surface area contributed by atoms with Crippen LogP contribution in [0.4, 0.5) is 0 Å². The summed E-state index contributed by atoms with van der Waals surface area (Å²) < 4.78 is 18.5. The molecule has 5 rings (SSSR count). The highest BCUT2D eigenvalue weighted by molar-refractivity contribution is 5.88. The number of nitrogens with zero attached hydrogens (tertiary/aromatic N) is 1. The van der Waals surface area contributed by atoms with E-state index in [0.29, 0.717) is 12.4 Å². The molecule has 2 fully saturated rings. The van der Waals surface area contributed by atoms with E-state index in [1.54, 1.807) is 12.1 Å². The number of carbonyl (C=O) groups excluding carboxylic acids is 1. The molecule has 1 aliphatic heterocycles. The van der Waals surface area contributed by atoms with Crippen molar-refractivity contribution in [1.82, 2.24) is 0 Å². The topological polar surface area (TPSA) is 68.9 Å². The second-order valence-electron chi connectivity index (χ2n) is 10.8. The third-order valence-electron chi connectivity index (χ3n) is 8.16. The van der Waals surface area contributed by atoms with Gasteiger partial charge in [-0.2, -0.15) is 0 Å². The molecule has 192 valence electrons. The minimum Gasteiger partial charge on any atom is -0.493 e. The van der Waals surface area contributed by atoms with Crippen molar-refractivity contribution in [3.8, 4) is 5.75 Å². The van der Waals surface area contributed by atoms with Gasteiger partial charge < -0.3 is 23.5 Å². The van der Waals surface area contributed by atoms with Gasteiger partial charge in [-0.15, -0.1) is 0 Å². The molecule has 3 atom stereocenters. The molecule has 0 spiro atoms. The minimum atomic E-state index is -1.71. The Kier molecular flexibility index (Phi) is 7.35. The number of rotatable bonds is 9. The van der Waals surface area contributed by atoms with E-state index in [-0.39, 0.29) is 12.0 Å². The van der Waals surface area contributed by atoms with Crippen molar-refractivity contribution in [1.29, 1.82) is 0 Å². The lowest BCUT2D eigenvalue weighted by molar-refractivity contribution is -0.899. The number of esters is 1. The number of carbonyl (C=O) groups is 1. The van der Waals surface area contributed by atoms with Gasteiger partial charge in [0.25, 0.3) is 0 Å². The zero-order valence-corrected chi connectivity index (χ0v) is 21.2. The fourth-order valence-electron chi connectivity index (χ4n) is 6.10. The van der Waals surface area contributed by atoms with Crippen LogP contribution in [-0.2, 0) is 15.1 Å². The predicted molar refractivity (Wildman–Crippen MR) is 139 cm³/mol. The molecule has 0 radical (unpaired) electrons. The van der Waals surface area contributed by atoms with Gasteiger partial charge in [0, 0.05) is 24.1 Å². The van der Waals surface area contributed by atoms with Crippen LogP contribution in [0.15, 0.2) is 65.3 Å². The van der Waals surface area contributed by atoms with E-state index in [9.17, 15) is 9.90 Å². The number of ether oxygens (including phenoxy) is 2. The average molecular weight is 493 g/mol. The molecule has 2 heterocycles.